The van der Waals surface area contributed by atoms with E-state index in [1.54, 1.807) is 22.8 Å². The fourth-order valence-electron chi connectivity index (χ4n) is 3.90. The third-order valence-electron chi connectivity index (χ3n) is 5.66. The molecule has 0 spiro atoms. The van der Waals surface area contributed by atoms with Gasteiger partial charge in [0.05, 0.1) is 6.61 Å². The van der Waals surface area contributed by atoms with E-state index in [0.29, 0.717) is 17.7 Å². The average Bonchev–Trinajstić information content (AvgIpc) is 3.60. The van der Waals surface area contributed by atoms with Crippen LogP contribution in [0.25, 0.3) is 5.95 Å². The summed E-state index contributed by atoms with van der Waals surface area (Å²) < 4.78 is 7.45. The molecule has 0 aliphatic carbocycles. The van der Waals surface area contributed by atoms with Crippen molar-refractivity contribution in [1.82, 2.24) is 29.7 Å². The number of hydrogen-bond donors (Lipinski definition) is 0. The van der Waals surface area contributed by atoms with E-state index in [1.165, 1.54) is 31.2 Å². The number of aromatic nitrogens is 6. The van der Waals surface area contributed by atoms with E-state index in [2.05, 4.69) is 26.8 Å². The molecular weight excluding hydrogens is 424 g/mol. The first-order valence-electron chi connectivity index (χ1n) is 11.2. The maximum absolute atomic E-state index is 5.79. The summed E-state index contributed by atoms with van der Waals surface area (Å²) in [6.07, 6.45) is 6.38. The van der Waals surface area contributed by atoms with Gasteiger partial charge in [0.2, 0.25) is 17.1 Å². The lowest BCUT2D eigenvalue weighted by Crippen LogP contribution is -2.26. The smallest absolute Gasteiger partial charge is 0.258 e. The molecule has 0 atom stereocenters. The van der Waals surface area contributed by atoms with Crippen LogP contribution in [0.2, 0.25) is 0 Å². The van der Waals surface area contributed by atoms with Gasteiger partial charge in [0.15, 0.2) is 0 Å². The molecule has 2 saturated heterocycles. The lowest BCUT2D eigenvalue weighted by Gasteiger charge is -2.20. The largest absolute Gasteiger partial charge is 0.493 e. The fraction of sp³-hybridized carbons (Fsp3) is 0.500. The standard InChI is InChI=1S/C22H28N8OS/c1-17-6-8-18(9-7-17)31-14-15-32-22-23-16-30(27-22)21-25-19(28-10-2-3-11-28)24-20(26-21)29-12-4-5-13-29/h6-9,16H,2-5,10-15H2,1H3. The highest BCUT2D eigenvalue weighted by Gasteiger charge is 2.22. The molecule has 2 aliphatic rings. The summed E-state index contributed by atoms with van der Waals surface area (Å²) in [5, 5.41) is 5.28. The van der Waals surface area contributed by atoms with Gasteiger partial charge in [-0.15, -0.1) is 5.10 Å². The van der Waals surface area contributed by atoms with Gasteiger partial charge in [-0.3, -0.25) is 0 Å². The van der Waals surface area contributed by atoms with E-state index in [1.807, 2.05) is 24.3 Å². The molecule has 3 aromatic rings. The second kappa shape index (κ2) is 9.72. The Kier molecular flexibility index (Phi) is 6.38. The summed E-state index contributed by atoms with van der Waals surface area (Å²) in [6, 6.07) is 8.08. The van der Waals surface area contributed by atoms with Gasteiger partial charge in [0.25, 0.3) is 5.95 Å². The van der Waals surface area contributed by atoms with Gasteiger partial charge >= 0.3 is 0 Å². The number of rotatable bonds is 8. The minimum Gasteiger partial charge on any atom is -0.493 e. The predicted octanol–water partition coefficient (Wildman–Crippen LogP) is 3.13. The highest BCUT2D eigenvalue weighted by Crippen LogP contribution is 2.23. The molecule has 168 valence electrons. The fourth-order valence-corrected chi connectivity index (χ4v) is 4.52. The normalized spacial score (nSPS) is 16.2. The van der Waals surface area contributed by atoms with Crippen LogP contribution in [0.15, 0.2) is 35.7 Å². The quantitative estimate of drug-likeness (QED) is 0.378. The van der Waals surface area contributed by atoms with Crippen molar-refractivity contribution in [3.63, 3.8) is 0 Å². The third-order valence-corrected chi connectivity index (χ3v) is 6.47. The number of benzene rings is 1. The van der Waals surface area contributed by atoms with Crippen molar-refractivity contribution in [3.8, 4) is 11.7 Å². The average molecular weight is 453 g/mol. The van der Waals surface area contributed by atoms with Gasteiger partial charge in [0.1, 0.15) is 12.1 Å². The lowest BCUT2D eigenvalue weighted by atomic mass is 10.2. The Hall–Kier alpha value is -2.88. The Bertz CT molecular complexity index is 994. The second-order valence-corrected chi connectivity index (χ2v) is 9.17. The van der Waals surface area contributed by atoms with E-state index >= 15 is 0 Å². The number of ether oxygens (including phenoxy) is 1. The molecule has 0 bridgehead atoms. The van der Waals surface area contributed by atoms with Crippen LogP contribution in [0.4, 0.5) is 11.9 Å². The zero-order chi connectivity index (χ0) is 21.8. The number of nitrogens with zero attached hydrogens (tertiary/aromatic N) is 8. The Morgan fingerprint density at radius 3 is 2.06 bits per heavy atom. The van der Waals surface area contributed by atoms with Crippen LogP contribution in [-0.4, -0.2) is 68.3 Å². The van der Waals surface area contributed by atoms with Crippen molar-refractivity contribution in [2.45, 2.75) is 37.8 Å². The van der Waals surface area contributed by atoms with E-state index in [0.717, 1.165) is 49.6 Å². The maximum atomic E-state index is 5.79. The molecule has 0 N–H and O–H groups in total. The Morgan fingerprint density at radius 2 is 1.44 bits per heavy atom. The summed E-state index contributed by atoms with van der Waals surface area (Å²) in [7, 11) is 0. The summed E-state index contributed by atoms with van der Waals surface area (Å²) in [5.74, 6) is 3.65. The first-order chi connectivity index (χ1) is 15.7. The van der Waals surface area contributed by atoms with Gasteiger partial charge in [-0.05, 0) is 44.7 Å². The van der Waals surface area contributed by atoms with Gasteiger partial charge < -0.3 is 14.5 Å². The number of anilines is 2. The molecule has 32 heavy (non-hydrogen) atoms. The highest BCUT2D eigenvalue weighted by atomic mass is 32.2. The molecule has 10 heteroatoms. The number of hydrogen-bond acceptors (Lipinski definition) is 9. The topological polar surface area (TPSA) is 85.1 Å². The summed E-state index contributed by atoms with van der Waals surface area (Å²) in [5.41, 5.74) is 1.22. The van der Waals surface area contributed by atoms with E-state index in [-0.39, 0.29) is 0 Å². The van der Waals surface area contributed by atoms with E-state index in [4.69, 9.17) is 19.7 Å². The molecule has 5 rings (SSSR count). The molecular formula is C22H28N8OS. The Balaban J connectivity index is 1.26. The minimum atomic E-state index is 0.527. The predicted molar refractivity (Wildman–Crippen MR) is 125 cm³/mol. The van der Waals surface area contributed by atoms with Crippen molar-refractivity contribution in [2.24, 2.45) is 0 Å². The molecule has 0 radical (unpaired) electrons. The van der Waals surface area contributed by atoms with E-state index < -0.39 is 0 Å². The maximum Gasteiger partial charge on any atom is 0.258 e. The molecule has 2 aliphatic heterocycles. The summed E-state index contributed by atoms with van der Waals surface area (Å²) in [4.78, 5) is 23.1. The van der Waals surface area contributed by atoms with Crippen LogP contribution in [0.3, 0.4) is 0 Å². The number of aryl methyl sites for hydroxylation is 1. The summed E-state index contributed by atoms with van der Waals surface area (Å²) in [6.45, 7) is 6.61. The van der Waals surface area contributed by atoms with Gasteiger partial charge in [-0.2, -0.15) is 19.6 Å². The van der Waals surface area contributed by atoms with Crippen LogP contribution >= 0.6 is 11.8 Å². The SMILES string of the molecule is Cc1ccc(OCCSc2ncn(-c3nc(N4CCCC4)nc(N4CCCC4)n3)n2)cc1. The van der Waals surface area contributed by atoms with Crippen LogP contribution in [0.1, 0.15) is 31.2 Å². The molecule has 0 amide bonds. The van der Waals surface area contributed by atoms with Crippen molar-refractivity contribution >= 4 is 23.7 Å². The second-order valence-electron chi connectivity index (χ2n) is 8.11. The highest BCUT2D eigenvalue weighted by molar-refractivity contribution is 7.99. The van der Waals surface area contributed by atoms with Gasteiger partial charge in [-0.1, -0.05) is 29.5 Å². The van der Waals surface area contributed by atoms with Crippen molar-refractivity contribution < 1.29 is 4.74 Å². The summed E-state index contributed by atoms with van der Waals surface area (Å²) >= 11 is 1.56. The third kappa shape index (κ3) is 4.95. The van der Waals surface area contributed by atoms with Crippen LogP contribution in [0, 0.1) is 6.92 Å². The van der Waals surface area contributed by atoms with E-state index in [9.17, 15) is 0 Å². The molecule has 1 aromatic carbocycles. The van der Waals surface area contributed by atoms with Crippen LogP contribution in [0.5, 0.6) is 5.75 Å². The molecule has 9 nitrogen and oxygen atoms in total. The van der Waals surface area contributed by atoms with Gasteiger partial charge in [-0.25, -0.2) is 4.98 Å². The molecule has 0 unspecified atom stereocenters. The molecule has 2 fully saturated rings. The van der Waals surface area contributed by atoms with Gasteiger partial charge in [0, 0.05) is 31.9 Å². The molecule has 0 saturated carbocycles. The number of thioether (sulfide) groups is 1. The monoisotopic (exact) mass is 452 g/mol. The molecule has 2 aromatic heterocycles. The Labute approximate surface area is 192 Å². The zero-order valence-corrected chi connectivity index (χ0v) is 19.2. The van der Waals surface area contributed by atoms with Crippen LogP contribution in [-0.2, 0) is 0 Å². The minimum absolute atomic E-state index is 0.527. The lowest BCUT2D eigenvalue weighted by molar-refractivity contribution is 0.344. The van der Waals surface area contributed by atoms with Crippen LogP contribution < -0.4 is 14.5 Å². The zero-order valence-electron chi connectivity index (χ0n) is 18.4. The van der Waals surface area contributed by atoms with Crippen molar-refractivity contribution in [2.75, 3.05) is 48.3 Å². The first-order valence-corrected chi connectivity index (χ1v) is 12.2. The molecule has 4 heterocycles. The van der Waals surface area contributed by atoms with Crippen molar-refractivity contribution in [1.29, 1.82) is 0 Å². The Morgan fingerprint density at radius 1 is 0.844 bits per heavy atom. The van der Waals surface area contributed by atoms with Crippen molar-refractivity contribution in [3.05, 3.63) is 36.2 Å². The first kappa shape index (κ1) is 21.0.